The maximum absolute atomic E-state index is 12.8. The summed E-state index contributed by atoms with van der Waals surface area (Å²) in [7, 11) is 0. The van der Waals surface area contributed by atoms with Gasteiger partial charge in [-0.3, -0.25) is 14.5 Å². The van der Waals surface area contributed by atoms with E-state index in [0.29, 0.717) is 32.5 Å². The van der Waals surface area contributed by atoms with Crippen molar-refractivity contribution in [3.8, 4) is 0 Å². The fourth-order valence-corrected chi connectivity index (χ4v) is 4.50. The van der Waals surface area contributed by atoms with Crippen molar-refractivity contribution in [2.45, 2.75) is 37.8 Å². The second-order valence-corrected chi connectivity index (χ2v) is 8.08. The Bertz CT molecular complexity index is 756. The van der Waals surface area contributed by atoms with Gasteiger partial charge in [0, 0.05) is 69.9 Å². The number of para-hydroxylation sites is 1. The van der Waals surface area contributed by atoms with Crippen LogP contribution in [-0.4, -0.2) is 83.9 Å². The molecule has 4 rings (SSSR count). The largest absolute Gasteiger partial charge is 0.354 e. The van der Waals surface area contributed by atoms with E-state index in [1.165, 1.54) is 0 Å². The van der Waals surface area contributed by atoms with Gasteiger partial charge in [0.15, 0.2) is 0 Å². The lowest BCUT2D eigenvalue weighted by Crippen LogP contribution is -2.58. The molecule has 3 aliphatic rings. The van der Waals surface area contributed by atoms with E-state index in [0.717, 1.165) is 38.2 Å². The van der Waals surface area contributed by atoms with E-state index >= 15 is 0 Å². The molecule has 1 aromatic rings. The number of hydrogen-bond acceptors (Lipinski definition) is 4. The smallest absolute Gasteiger partial charge is 0.322 e. The Balaban J connectivity index is 1.27. The molecule has 29 heavy (non-hydrogen) atoms. The predicted octanol–water partition coefficient (Wildman–Crippen LogP) is 1.11. The van der Waals surface area contributed by atoms with Crippen LogP contribution in [0.1, 0.15) is 25.7 Å². The highest BCUT2D eigenvalue weighted by Crippen LogP contribution is 2.25. The number of carbonyl (C=O) groups is 3. The minimum absolute atomic E-state index is 0.0358. The van der Waals surface area contributed by atoms with Crippen LogP contribution < -0.4 is 10.6 Å². The zero-order chi connectivity index (χ0) is 20.2. The average Bonchev–Trinajstić information content (AvgIpc) is 3.33. The molecule has 4 amide bonds. The molecule has 0 saturated carbocycles. The van der Waals surface area contributed by atoms with E-state index < -0.39 is 0 Å². The van der Waals surface area contributed by atoms with Gasteiger partial charge in [-0.05, 0) is 25.0 Å². The lowest BCUT2D eigenvalue weighted by atomic mass is 10.1. The quantitative estimate of drug-likeness (QED) is 0.750. The van der Waals surface area contributed by atoms with Crippen LogP contribution in [0.15, 0.2) is 30.3 Å². The van der Waals surface area contributed by atoms with E-state index in [1.54, 1.807) is 4.90 Å². The van der Waals surface area contributed by atoms with Crippen LogP contribution in [0.25, 0.3) is 0 Å². The molecule has 8 heteroatoms. The molecule has 0 aromatic heterocycles. The normalized spacial score (nSPS) is 25.9. The van der Waals surface area contributed by atoms with Crippen molar-refractivity contribution in [3.05, 3.63) is 30.3 Å². The number of nitrogens with one attached hydrogen (secondary N) is 2. The van der Waals surface area contributed by atoms with Gasteiger partial charge in [-0.1, -0.05) is 18.2 Å². The average molecular weight is 399 g/mol. The predicted molar refractivity (Wildman–Crippen MR) is 109 cm³/mol. The highest BCUT2D eigenvalue weighted by molar-refractivity contribution is 5.89. The summed E-state index contributed by atoms with van der Waals surface area (Å²) in [5.74, 6) is 0.111. The van der Waals surface area contributed by atoms with Crippen LogP contribution in [0.4, 0.5) is 10.5 Å². The van der Waals surface area contributed by atoms with Gasteiger partial charge in [0.2, 0.25) is 11.8 Å². The second kappa shape index (κ2) is 8.82. The summed E-state index contributed by atoms with van der Waals surface area (Å²) in [6, 6.07) is 9.75. The SMILES string of the molecule is O=C(CCN1CCCC1=O)NC[C@@H]1CN(C(=O)Nc2ccccc2)[C@H]2CCN1C2. The summed E-state index contributed by atoms with van der Waals surface area (Å²) >= 11 is 0. The number of piperazine rings is 1. The molecule has 3 aliphatic heterocycles. The first-order valence-electron chi connectivity index (χ1n) is 10.5. The molecule has 3 fully saturated rings. The molecule has 8 nitrogen and oxygen atoms in total. The van der Waals surface area contributed by atoms with E-state index in [4.69, 9.17) is 0 Å². The first-order valence-corrected chi connectivity index (χ1v) is 10.5. The summed E-state index contributed by atoms with van der Waals surface area (Å²) in [6.07, 6.45) is 2.78. The van der Waals surface area contributed by atoms with E-state index in [2.05, 4.69) is 15.5 Å². The minimum atomic E-state index is -0.0772. The third-order valence-electron chi connectivity index (χ3n) is 6.16. The summed E-state index contributed by atoms with van der Waals surface area (Å²) < 4.78 is 0. The van der Waals surface area contributed by atoms with E-state index in [1.807, 2.05) is 35.2 Å². The zero-order valence-electron chi connectivity index (χ0n) is 16.7. The molecule has 1 unspecified atom stereocenters. The lowest BCUT2D eigenvalue weighted by molar-refractivity contribution is -0.128. The molecule has 2 N–H and O–H groups in total. The molecule has 0 spiro atoms. The van der Waals surface area contributed by atoms with Gasteiger partial charge in [-0.25, -0.2) is 4.79 Å². The number of carbonyl (C=O) groups excluding carboxylic acids is 3. The summed E-state index contributed by atoms with van der Waals surface area (Å²) in [6.45, 7) is 4.18. The Labute approximate surface area is 171 Å². The van der Waals surface area contributed by atoms with Crippen LogP contribution in [0.5, 0.6) is 0 Å². The first kappa shape index (κ1) is 19.7. The highest BCUT2D eigenvalue weighted by Gasteiger charge is 2.40. The number of rotatable bonds is 6. The third kappa shape index (κ3) is 4.70. The van der Waals surface area contributed by atoms with Gasteiger partial charge in [0.25, 0.3) is 0 Å². The van der Waals surface area contributed by atoms with Crippen molar-refractivity contribution >= 4 is 23.5 Å². The molecular weight excluding hydrogens is 370 g/mol. The van der Waals surface area contributed by atoms with E-state index in [9.17, 15) is 14.4 Å². The van der Waals surface area contributed by atoms with E-state index in [-0.39, 0.29) is 29.9 Å². The second-order valence-electron chi connectivity index (χ2n) is 8.08. The van der Waals surface area contributed by atoms with Crippen LogP contribution in [0.2, 0.25) is 0 Å². The van der Waals surface area contributed by atoms with Crippen molar-refractivity contribution in [2.24, 2.45) is 0 Å². The zero-order valence-corrected chi connectivity index (χ0v) is 16.7. The number of benzene rings is 1. The number of fused-ring (bicyclic) bond motifs is 2. The Hall–Kier alpha value is -2.61. The topological polar surface area (TPSA) is 85.0 Å². The molecule has 0 radical (unpaired) electrons. The maximum atomic E-state index is 12.8. The van der Waals surface area contributed by atoms with Gasteiger partial charge in [-0.15, -0.1) is 0 Å². The number of likely N-dealkylation sites (tertiary alicyclic amines) is 1. The van der Waals surface area contributed by atoms with Gasteiger partial charge in [0.1, 0.15) is 0 Å². The maximum Gasteiger partial charge on any atom is 0.322 e. The Morgan fingerprint density at radius 1 is 1.10 bits per heavy atom. The number of hydrogen-bond donors (Lipinski definition) is 2. The van der Waals surface area contributed by atoms with Crippen molar-refractivity contribution in [1.29, 1.82) is 0 Å². The minimum Gasteiger partial charge on any atom is -0.354 e. The van der Waals surface area contributed by atoms with Crippen molar-refractivity contribution in [2.75, 3.05) is 44.6 Å². The molecule has 1 aromatic carbocycles. The molecule has 156 valence electrons. The number of amides is 4. The summed E-state index contributed by atoms with van der Waals surface area (Å²) in [5, 5.41) is 5.99. The highest BCUT2D eigenvalue weighted by atomic mass is 16.2. The molecule has 3 saturated heterocycles. The standard InChI is InChI=1S/C21H29N5O3/c27-19(9-12-24-10-4-7-20(24)28)22-13-18-15-26(17-8-11-25(18)14-17)21(29)23-16-5-2-1-3-6-16/h1-3,5-6,17-18H,4,7-15H2,(H,22,27)(H,23,29)/t17-,18+/m0/s1. The number of nitrogens with zero attached hydrogens (tertiary/aromatic N) is 3. The van der Waals surface area contributed by atoms with Crippen molar-refractivity contribution in [3.63, 3.8) is 0 Å². The number of anilines is 1. The summed E-state index contributed by atoms with van der Waals surface area (Å²) in [5.41, 5.74) is 0.791. The van der Waals surface area contributed by atoms with Crippen LogP contribution in [0.3, 0.4) is 0 Å². The molecule has 0 aliphatic carbocycles. The van der Waals surface area contributed by atoms with Gasteiger partial charge in [-0.2, -0.15) is 0 Å². The van der Waals surface area contributed by atoms with Crippen molar-refractivity contribution in [1.82, 2.24) is 20.0 Å². The van der Waals surface area contributed by atoms with Crippen molar-refractivity contribution < 1.29 is 14.4 Å². The van der Waals surface area contributed by atoms with Gasteiger partial charge >= 0.3 is 6.03 Å². The fourth-order valence-electron chi connectivity index (χ4n) is 4.50. The van der Waals surface area contributed by atoms with Crippen LogP contribution in [-0.2, 0) is 9.59 Å². The monoisotopic (exact) mass is 399 g/mol. The molecule has 3 atom stereocenters. The summed E-state index contributed by atoms with van der Waals surface area (Å²) in [4.78, 5) is 42.7. The van der Waals surface area contributed by atoms with Gasteiger partial charge in [0.05, 0.1) is 0 Å². The molecule has 2 bridgehead atoms. The Kier molecular flexibility index (Phi) is 5.99. The number of urea groups is 1. The van der Waals surface area contributed by atoms with Gasteiger partial charge < -0.3 is 20.4 Å². The fraction of sp³-hybridized carbons (Fsp3) is 0.571. The Morgan fingerprint density at radius 3 is 2.69 bits per heavy atom. The third-order valence-corrected chi connectivity index (χ3v) is 6.16. The van der Waals surface area contributed by atoms with Crippen LogP contribution >= 0.6 is 0 Å². The molecule has 3 heterocycles. The molecular formula is C21H29N5O3. The lowest BCUT2D eigenvalue weighted by Gasteiger charge is -2.40. The first-order chi connectivity index (χ1) is 14.1. The Morgan fingerprint density at radius 2 is 1.93 bits per heavy atom. The van der Waals surface area contributed by atoms with Crippen LogP contribution in [0, 0.1) is 0 Å².